The van der Waals surface area contributed by atoms with Crippen LogP contribution in [0.25, 0.3) is 22.3 Å². The van der Waals surface area contributed by atoms with E-state index in [1.165, 1.54) is 20.0 Å². The van der Waals surface area contributed by atoms with Crippen LogP contribution >= 0.6 is 0 Å². The van der Waals surface area contributed by atoms with Gasteiger partial charge in [0.25, 0.3) is 5.79 Å². The minimum absolute atomic E-state index is 0.188. The molecule has 0 bridgehead atoms. The monoisotopic (exact) mass is 363 g/mol. The number of carbonyl (C=O) groups is 2. The summed E-state index contributed by atoms with van der Waals surface area (Å²) in [5.41, 5.74) is 2.23. The van der Waals surface area contributed by atoms with Crippen molar-refractivity contribution in [3.63, 3.8) is 0 Å². The molecule has 27 heavy (non-hydrogen) atoms. The fourth-order valence-corrected chi connectivity index (χ4v) is 2.81. The number of anilines is 1. The number of hydrogen-bond donors (Lipinski definition) is 1. The highest BCUT2D eigenvalue weighted by Crippen LogP contribution is 2.30. The maximum atomic E-state index is 12.0. The number of nitrogens with one attached hydrogen (secondary N) is 1. The summed E-state index contributed by atoms with van der Waals surface area (Å²) in [5.74, 6) is -1.93. The lowest BCUT2D eigenvalue weighted by Gasteiger charge is -2.29. The summed E-state index contributed by atoms with van der Waals surface area (Å²) in [6, 6.07) is 17.2. The Bertz CT molecular complexity index is 1040. The van der Waals surface area contributed by atoms with E-state index in [2.05, 4.69) is 5.32 Å². The molecular formula is C21H17NO5. The molecule has 1 aliphatic rings. The Labute approximate surface area is 155 Å². The number of carbonyl (C=O) groups excluding carboxylic acids is 2. The first kappa shape index (κ1) is 16.9. The molecule has 0 aliphatic carbocycles. The Kier molecular flexibility index (Phi) is 3.96. The second-order valence-electron chi connectivity index (χ2n) is 6.61. The quantitative estimate of drug-likeness (QED) is 0.426. The molecule has 6 nitrogen and oxygen atoms in total. The molecule has 0 spiro atoms. The van der Waals surface area contributed by atoms with Gasteiger partial charge in [-0.05, 0) is 24.3 Å². The van der Waals surface area contributed by atoms with Crippen molar-refractivity contribution < 1.29 is 23.5 Å². The number of hydrogen-bond acceptors (Lipinski definition) is 6. The predicted molar refractivity (Wildman–Crippen MR) is 99.6 cm³/mol. The normalized spacial score (nSPS) is 16.0. The van der Waals surface area contributed by atoms with E-state index in [-0.39, 0.29) is 5.57 Å². The van der Waals surface area contributed by atoms with Crippen molar-refractivity contribution in [1.29, 1.82) is 0 Å². The number of esters is 2. The molecule has 2 heterocycles. The molecule has 1 aromatic heterocycles. The fraction of sp³-hybridized carbons (Fsp3) is 0.143. The maximum absolute atomic E-state index is 12.0. The topological polar surface area (TPSA) is 77.8 Å². The lowest BCUT2D eigenvalue weighted by atomic mass is 10.1. The zero-order chi connectivity index (χ0) is 19.0. The van der Waals surface area contributed by atoms with Crippen molar-refractivity contribution in [2.45, 2.75) is 19.6 Å². The number of benzene rings is 2. The van der Waals surface area contributed by atoms with Crippen LogP contribution in [0.4, 0.5) is 5.69 Å². The summed E-state index contributed by atoms with van der Waals surface area (Å²) in [6.45, 7) is 3.01. The third kappa shape index (κ3) is 3.42. The standard InChI is InChI=1S/C21H17NO5/c1-21(2)26-19(23)16(20(24)27-21)12-22-15-8-9-17-14(10-15)11-18(25-17)13-6-4-3-5-7-13/h3-12,22H,1-2H3. The van der Waals surface area contributed by atoms with Crippen molar-refractivity contribution in [1.82, 2.24) is 0 Å². The third-order valence-corrected chi connectivity index (χ3v) is 4.07. The van der Waals surface area contributed by atoms with Gasteiger partial charge in [0.15, 0.2) is 5.57 Å². The van der Waals surface area contributed by atoms with Crippen LogP contribution in [-0.4, -0.2) is 17.7 Å². The van der Waals surface area contributed by atoms with Crippen molar-refractivity contribution in [3.8, 4) is 11.3 Å². The second kappa shape index (κ2) is 6.32. The van der Waals surface area contributed by atoms with E-state index in [1.807, 2.05) is 48.5 Å². The molecule has 4 rings (SSSR count). The molecule has 0 radical (unpaired) electrons. The van der Waals surface area contributed by atoms with Gasteiger partial charge >= 0.3 is 11.9 Å². The Hall–Kier alpha value is -3.54. The first-order valence-corrected chi connectivity index (χ1v) is 8.44. The van der Waals surface area contributed by atoms with Gasteiger partial charge in [-0.1, -0.05) is 30.3 Å². The summed E-state index contributed by atoms with van der Waals surface area (Å²) >= 11 is 0. The van der Waals surface area contributed by atoms with E-state index < -0.39 is 17.7 Å². The molecule has 1 saturated heterocycles. The summed E-state index contributed by atoms with van der Waals surface area (Å²) in [6.07, 6.45) is 1.29. The summed E-state index contributed by atoms with van der Waals surface area (Å²) in [5, 5.41) is 3.83. The highest BCUT2D eigenvalue weighted by atomic mass is 16.7. The first-order chi connectivity index (χ1) is 12.9. The number of rotatable bonds is 3. The summed E-state index contributed by atoms with van der Waals surface area (Å²) in [7, 11) is 0. The molecule has 0 saturated carbocycles. The van der Waals surface area contributed by atoms with Crippen LogP contribution in [0.15, 0.2) is 70.8 Å². The molecule has 2 aromatic carbocycles. The fourth-order valence-electron chi connectivity index (χ4n) is 2.81. The Morgan fingerprint density at radius 1 is 0.926 bits per heavy atom. The Morgan fingerprint density at radius 2 is 1.63 bits per heavy atom. The third-order valence-electron chi connectivity index (χ3n) is 4.07. The molecule has 0 atom stereocenters. The number of ether oxygens (including phenoxy) is 2. The van der Waals surface area contributed by atoms with E-state index in [0.717, 1.165) is 22.3 Å². The van der Waals surface area contributed by atoms with Crippen molar-refractivity contribution >= 4 is 28.6 Å². The van der Waals surface area contributed by atoms with Crippen LogP contribution in [0.2, 0.25) is 0 Å². The average molecular weight is 363 g/mol. The smallest absolute Gasteiger partial charge is 0.350 e. The van der Waals surface area contributed by atoms with Gasteiger partial charge in [-0.25, -0.2) is 9.59 Å². The van der Waals surface area contributed by atoms with Gasteiger partial charge in [-0.2, -0.15) is 0 Å². The van der Waals surface area contributed by atoms with Gasteiger partial charge in [-0.3, -0.25) is 0 Å². The first-order valence-electron chi connectivity index (χ1n) is 8.44. The lowest BCUT2D eigenvalue weighted by Crippen LogP contribution is -2.42. The van der Waals surface area contributed by atoms with Gasteiger partial charge in [0.1, 0.15) is 11.3 Å². The largest absolute Gasteiger partial charge is 0.456 e. The highest BCUT2D eigenvalue weighted by molar-refractivity contribution is 6.15. The van der Waals surface area contributed by atoms with Gasteiger partial charge in [0, 0.05) is 36.7 Å². The van der Waals surface area contributed by atoms with Crippen LogP contribution in [0.5, 0.6) is 0 Å². The van der Waals surface area contributed by atoms with Crippen molar-refractivity contribution in [2.24, 2.45) is 0 Å². The number of fused-ring (bicyclic) bond motifs is 1. The van der Waals surface area contributed by atoms with Crippen molar-refractivity contribution in [2.75, 3.05) is 5.32 Å². The SMILES string of the molecule is CC1(C)OC(=O)C(=CNc2ccc3oc(-c4ccccc4)cc3c2)C(=O)O1. The van der Waals surface area contributed by atoms with Crippen LogP contribution in [0, 0.1) is 0 Å². The Morgan fingerprint density at radius 3 is 2.33 bits per heavy atom. The van der Waals surface area contributed by atoms with E-state index in [4.69, 9.17) is 13.9 Å². The van der Waals surface area contributed by atoms with Gasteiger partial charge in [-0.15, -0.1) is 0 Å². The second-order valence-corrected chi connectivity index (χ2v) is 6.61. The molecule has 0 unspecified atom stereocenters. The molecule has 136 valence electrons. The highest BCUT2D eigenvalue weighted by Gasteiger charge is 2.38. The minimum atomic E-state index is -1.25. The van der Waals surface area contributed by atoms with E-state index in [0.29, 0.717) is 5.69 Å². The van der Waals surface area contributed by atoms with Crippen LogP contribution in [0.3, 0.4) is 0 Å². The maximum Gasteiger partial charge on any atom is 0.350 e. The molecule has 1 aliphatic heterocycles. The molecule has 0 amide bonds. The lowest BCUT2D eigenvalue weighted by molar-refractivity contribution is -0.222. The molecule has 1 fully saturated rings. The molecule has 1 N–H and O–H groups in total. The number of furan rings is 1. The molecular weight excluding hydrogens is 346 g/mol. The van der Waals surface area contributed by atoms with E-state index in [1.54, 1.807) is 6.07 Å². The van der Waals surface area contributed by atoms with Crippen LogP contribution in [-0.2, 0) is 19.1 Å². The van der Waals surface area contributed by atoms with Gasteiger partial charge in [0.05, 0.1) is 0 Å². The predicted octanol–water partition coefficient (Wildman–Crippen LogP) is 4.23. The Balaban J connectivity index is 1.58. The van der Waals surface area contributed by atoms with Gasteiger partial charge < -0.3 is 19.2 Å². The molecule has 6 heteroatoms. The zero-order valence-electron chi connectivity index (χ0n) is 14.8. The molecule has 3 aromatic rings. The minimum Gasteiger partial charge on any atom is -0.456 e. The summed E-state index contributed by atoms with van der Waals surface area (Å²) < 4.78 is 16.0. The van der Waals surface area contributed by atoms with Crippen LogP contribution in [0.1, 0.15) is 13.8 Å². The van der Waals surface area contributed by atoms with Crippen molar-refractivity contribution in [3.05, 3.63) is 66.4 Å². The van der Waals surface area contributed by atoms with Gasteiger partial charge in [0.2, 0.25) is 0 Å². The van der Waals surface area contributed by atoms with E-state index >= 15 is 0 Å². The summed E-state index contributed by atoms with van der Waals surface area (Å²) in [4.78, 5) is 23.9. The zero-order valence-corrected chi connectivity index (χ0v) is 14.8. The van der Waals surface area contributed by atoms with Crippen LogP contribution < -0.4 is 5.32 Å². The van der Waals surface area contributed by atoms with E-state index in [9.17, 15) is 9.59 Å². The number of cyclic esters (lactones) is 2. The average Bonchev–Trinajstić information content (AvgIpc) is 3.04.